The number of halogens is 4. The third kappa shape index (κ3) is 3.08. The van der Waals surface area contributed by atoms with Crippen LogP contribution in [-0.2, 0) is 0 Å². The van der Waals surface area contributed by atoms with Gasteiger partial charge in [-0.1, -0.05) is 29.3 Å². The molecule has 1 N–H and O–H groups in total. The molecule has 7 heteroatoms. The highest BCUT2D eigenvalue weighted by Crippen LogP contribution is 2.34. The molecule has 0 aliphatic heterocycles. The van der Waals surface area contributed by atoms with Crippen LogP contribution in [0.15, 0.2) is 32.5 Å². The van der Waals surface area contributed by atoms with E-state index in [9.17, 15) is 4.79 Å². The zero-order valence-electron chi connectivity index (χ0n) is 8.64. The Kier molecular flexibility index (Phi) is 4.72. The molecular weight excluding hydrogens is 425 g/mol. The maximum atomic E-state index is 12.0. The maximum absolute atomic E-state index is 12.0. The largest absolute Gasteiger partial charge is 0.319 e. The zero-order valence-corrected chi connectivity index (χ0v) is 14.1. The van der Waals surface area contributed by atoms with Crippen LogP contribution in [0.25, 0.3) is 0 Å². The van der Waals surface area contributed by atoms with Gasteiger partial charge in [-0.2, -0.15) is 0 Å². The fraction of sp³-hybridized carbons (Fsp3) is 0. The van der Waals surface area contributed by atoms with Crippen LogP contribution in [-0.4, -0.2) is 5.91 Å². The van der Waals surface area contributed by atoms with E-state index in [0.29, 0.717) is 20.6 Å². The number of rotatable bonds is 2. The molecule has 0 aliphatic carbocycles. The monoisotopic (exact) mass is 427 g/mol. The number of carbonyl (C=O) groups is 1. The van der Waals surface area contributed by atoms with E-state index in [2.05, 4.69) is 37.2 Å². The summed E-state index contributed by atoms with van der Waals surface area (Å²) in [5, 5.41) is 3.52. The van der Waals surface area contributed by atoms with Crippen molar-refractivity contribution in [3.8, 4) is 0 Å². The Morgan fingerprint density at radius 2 is 1.83 bits per heavy atom. The lowest BCUT2D eigenvalue weighted by atomic mass is 10.3. The minimum absolute atomic E-state index is 0.249. The van der Waals surface area contributed by atoms with Crippen molar-refractivity contribution in [3.63, 3.8) is 0 Å². The van der Waals surface area contributed by atoms with Crippen molar-refractivity contribution in [2.75, 3.05) is 5.32 Å². The molecule has 94 valence electrons. The van der Waals surface area contributed by atoms with Gasteiger partial charge in [0.2, 0.25) is 0 Å². The molecule has 0 bridgehead atoms. The molecule has 1 heterocycles. The number of thiophene rings is 1. The molecule has 0 radical (unpaired) electrons. The minimum Gasteiger partial charge on any atom is -0.319 e. The van der Waals surface area contributed by atoms with Gasteiger partial charge in [-0.05, 0) is 50.1 Å². The van der Waals surface area contributed by atoms with Gasteiger partial charge in [0.15, 0.2) is 0 Å². The molecule has 2 nitrogen and oxygen atoms in total. The Bertz CT molecular complexity index is 575. The molecule has 0 aliphatic rings. The van der Waals surface area contributed by atoms with Crippen LogP contribution >= 0.6 is 66.4 Å². The Hall–Kier alpha value is -0.0700. The summed E-state index contributed by atoms with van der Waals surface area (Å²) in [7, 11) is 0. The smallest absolute Gasteiger partial charge is 0.265 e. The lowest BCUT2D eigenvalue weighted by Crippen LogP contribution is -2.10. The molecule has 1 aromatic heterocycles. The summed E-state index contributed by atoms with van der Waals surface area (Å²) in [6, 6.07) is 6.79. The third-order valence-electron chi connectivity index (χ3n) is 2.07. The van der Waals surface area contributed by atoms with Gasteiger partial charge in [0.1, 0.15) is 0 Å². The van der Waals surface area contributed by atoms with Gasteiger partial charge in [-0.15, -0.1) is 11.3 Å². The van der Waals surface area contributed by atoms with Gasteiger partial charge in [-0.25, -0.2) is 0 Å². The molecule has 1 aromatic carbocycles. The standard InChI is InChI=1S/C11H5Br2Cl2NOS/c12-5-4-8(18-10(5)13)11(17)16-9-6(14)2-1-3-7(9)15/h1-4H,(H,16,17). The Labute approximate surface area is 135 Å². The van der Waals surface area contributed by atoms with E-state index in [1.165, 1.54) is 11.3 Å². The fourth-order valence-electron chi connectivity index (χ4n) is 1.25. The second kappa shape index (κ2) is 5.92. The van der Waals surface area contributed by atoms with Crippen molar-refractivity contribution in [1.29, 1.82) is 0 Å². The van der Waals surface area contributed by atoms with Crippen LogP contribution in [0.3, 0.4) is 0 Å². The van der Waals surface area contributed by atoms with Crippen molar-refractivity contribution in [3.05, 3.63) is 47.4 Å². The van der Waals surface area contributed by atoms with Crippen LogP contribution < -0.4 is 5.32 Å². The summed E-state index contributed by atoms with van der Waals surface area (Å²) in [6.07, 6.45) is 0. The normalized spacial score (nSPS) is 10.4. The van der Waals surface area contributed by atoms with Crippen LogP contribution in [0.1, 0.15) is 9.67 Å². The van der Waals surface area contributed by atoms with Crippen molar-refractivity contribution in [2.45, 2.75) is 0 Å². The average Bonchev–Trinajstić information content (AvgIpc) is 2.64. The first-order chi connectivity index (χ1) is 8.49. The second-order valence-corrected chi connectivity index (χ2v) is 7.32. The summed E-state index contributed by atoms with van der Waals surface area (Å²) in [6.45, 7) is 0. The number of amides is 1. The number of benzene rings is 1. The summed E-state index contributed by atoms with van der Waals surface area (Å²) < 4.78 is 1.70. The summed E-state index contributed by atoms with van der Waals surface area (Å²) in [4.78, 5) is 12.6. The number of nitrogens with one attached hydrogen (secondary N) is 1. The number of carbonyl (C=O) groups excluding carboxylic acids is 1. The predicted octanol–water partition coefficient (Wildman–Crippen LogP) is 5.83. The van der Waals surface area contributed by atoms with Crippen molar-refractivity contribution in [1.82, 2.24) is 0 Å². The Morgan fingerprint density at radius 3 is 2.33 bits per heavy atom. The van der Waals surface area contributed by atoms with Crippen molar-refractivity contribution in [2.24, 2.45) is 0 Å². The van der Waals surface area contributed by atoms with E-state index in [-0.39, 0.29) is 5.91 Å². The van der Waals surface area contributed by atoms with Gasteiger partial charge in [0.05, 0.1) is 24.4 Å². The van der Waals surface area contributed by atoms with Crippen LogP contribution in [0.2, 0.25) is 10.0 Å². The molecule has 18 heavy (non-hydrogen) atoms. The summed E-state index contributed by atoms with van der Waals surface area (Å²) >= 11 is 20.0. The van der Waals surface area contributed by atoms with Crippen LogP contribution in [0, 0.1) is 0 Å². The highest BCUT2D eigenvalue weighted by atomic mass is 79.9. The summed E-state index contributed by atoms with van der Waals surface area (Å²) in [5.74, 6) is -0.249. The van der Waals surface area contributed by atoms with Gasteiger partial charge in [0, 0.05) is 4.47 Å². The minimum atomic E-state index is -0.249. The van der Waals surface area contributed by atoms with Crippen molar-refractivity contribution >= 4 is 78.0 Å². The highest BCUT2D eigenvalue weighted by molar-refractivity contribution is 9.13. The first kappa shape index (κ1) is 14.3. The predicted molar refractivity (Wildman–Crippen MR) is 84.1 cm³/mol. The molecule has 0 atom stereocenters. The van der Waals surface area contributed by atoms with Gasteiger partial charge in [0.25, 0.3) is 5.91 Å². The maximum Gasteiger partial charge on any atom is 0.265 e. The van der Waals surface area contributed by atoms with E-state index in [1.807, 2.05) is 0 Å². The van der Waals surface area contributed by atoms with Gasteiger partial charge in [-0.3, -0.25) is 4.79 Å². The lowest BCUT2D eigenvalue weighted by Gasteiger charge is -2.07. The number of hydrogen-bond donors (Lipinski definition) is 1. The molecule has 2 rings (SSSR count). The first-order valence-electron chi connectivity index (χ1n) is 4.69. The molecule has 0 saturated carbocycles. The van der Waals surface area contributed by atoms with Gasteiger partial charge < -0.3 is 5.32 Å². The molecular formula is C11H5Br2Cl2NOS. The molecule has 0 saturated heterocycles. The highest BCUT2D eigenvalue weighted by Gasteiger charge is 2.15. The summed E-state index contributed by atoms with van der Waals surface area (Å²) in [5.41, 5.74) is 0.423. The molecule has 0 spiro atoms. The lowest BCUT2D eigenvalue weighted by molar-refractivity contribution is 0.103. The third-order valence-corrected chi connectivity index (χ3v) is 5.96. The fourth-order valence-corrected chi connectivity index (χ4v) is 3.67. The zero-order chi connectivity index (χ0) is 13.3. The average molecular weight is 430 g/mol. The molecule has 2 aromatic rings. The van der Waals surface area contributed by atoms with E-state index in [1.54, 1.807) is 24.3 Å². The second-order valence-electron chi connectivity index (χ2n) is 3.28. The SMILES string of the molecule is O=C(Nc1c(Cl)cccc1Cl)c1cc(Br)c(Br)s1. The molecule has 0 fully saturated rings. The van der Waals surface area contributed by atoms with E-state index in [0.717, 1.165) is 8.26 Å². The van der Waals surface area contributed by atoms with E-state index in [4.69, 9.17) is 23.2 Å². The molecule has 0 unspecified atom stereocenters. The Balaban J connectivity index is 2.27. The van der Waals surface area contributed by atoms with Gasteiger partial charge >= 0.3 is 0 Å². The van der Waals surface area contributed by atoms with E-state index < -0.39 is 0 Å². The number of para-hydroxylation sites is 1. The molecule has 1 amide bonds. The number of anilines is 1. The first-order valence-corrected chi connectivity index (χ1v) is 7.85. The Morgan fingerprint density at radius 1 is 1.22 bits per heavy atom. The van der Waals surface area contributed by atoms with Crippen molar-refractivity contribution < 1.29 is 4.79 Å². The van der Waals surface area contributed by atoms with E-state index >= 15 is 0 Å². The topological polar surface area (TPSA) is 29.1 Å². The van der Waals surface area contributed by atoms with Crippen LogP contribution in [0.4, 0.5) is 5.69 Å². The number of hydrogen-bond acceptors (Lipinski definition) is 2. The van der Waals surface area contributed by atoms with Crippen LogP contribution in [0.5, 0.6) is 0 Å². The quantitative estimate of drug-likeness (QED) is 0.639.